The summed E-state index contributed by atoms with van der Waals surface area (Å²) in [6.45, 7) is 0. The Balaban J connectivity index is 1.99. The number of carbonyl (C=O) groups is 1. The first-order chi connectivity index (χ1) is 8.66. The molecule has 0 spiro atoms. The van der Waals surface area contributed by atoms with Crippen LogP contribution in [-0.4, -0.2) is 12.1 Å². The van der Waals surface area contributed by atoms with E-state index in [9.17, 15) is 4.79 Å². The fraction of sp³-hybridized carbons (Fsp3) is 0. The summed E-state index contributed by atoms with van der Waals surface area (Å²) in [6.07, 6.45) is 1.51. The van der Waals surface area contributed by atoms with Crippen LogP contribution in [0.5, 0.6) is 0 Å². The lowest BCUT2D eigenvalue weighted by molar-refractivity contribution is 0.0959. The smallest absolute Gasteiger partial charge is 0.266 e. The first-order valence-electron chi connectivity index (χ1n) is 4.99. The molecule has 1 aromatic heterocycles. The Morgan fingerprint density at radius 1 is 1.28 bits per heavy atom. The van der Waals surface area contributed by atoms with E-state index in [-0.39, 0.29) is 5.91 Å². The third kappa shape index (κ3) is 3.32. The van der Waals surface area contributed by atoms with Gasteiger partial charge in [0, 0.05) is 0 Å². The van der Waals surface area contributed by atoms with Gasteiger partial charge in [-0.15, -0.1) is 11.3 Å². The highest BCUT2D eigenvalue weighted by molar-refractivity contribution is 7.12. The highest BCUT2D eigenvalue weighted by Gasteiger charge is 2.03. The fourth-order valence-corrected chi connectivity index (χ4v) is 2.14. The molecule has 1 aromatic carbocycles. The van der Waals surface area contributed by atoms with Crippen molar-refractivity contribution >= 4 is 46.7 Å². The van der Waals surface area contributed by atoms with Crippen LogP contribution in [-0.2, 0) is 0 Å². The number of benzene rings is 1. The summed E-state index contributed by atoms with van der Waals surface area (Å²) in [5.41, 5.74) is 3.19. The van der Waals surface area contributed by atoms with Crippen LogP contribution in [0.4, 0.5) is 0 Å². The summed E-state index contributed by atoms with van der Waals surface area (Å²) in [6, 6.07) is 8.64. The molecular formula is C12H8Cl2N2OS. The second kappa shape index (κ2) is 6.00. The molecule has 18 heavy (non-hydrogen) atoms. The van der Waals surface area contributed by atoms with E-state index in [1.54, 1.807) is 24.3 Å². The third-order valence-corrected chi connectivity index (χ3v) is 3.68. The normalized spacial score (nSPS) is 10.8. The van der Waals surface area contributed by atoms with Crippen LogP contribution < -0.4 is 5.43 Å². The summed E-state index contributed by atoms with van der Waals surface area (Å²) >= 11 is 13.0. The molecule has 0 saturated carbocycles. The second-order valence-electron chi connectivity index (χ2n) is 3.35. The van der Waals surface area contributed by atoms with E-state index in [0.29, 0.717) is 14.9 Å². The molecule has 0 bridgehead atoms. The molecule has 2 aromatic rings. The molecular weight excluding hydrogens is 291 g/mol. The molecule has 0 aliphatic heterocycles. The van der Waals surface area contributed by atoms with Gasteiger partial charge in [0.25, 0.3) is 5.91 Å². The van der Waals surface area contributed by atoms with Crippen molar-refractivity contribution in [3.05, 3.63) is 56.2 Å². The van der Waals surface area contributed by atoms with E-state index in [0.717, 1.165) is 5.56 Å². The maximum atomic E-state index is 11.6. The summed E-state index contributed by atoms with van der Waals surface area (Å²) in [5.74, 6) is -0.235. The lowest BCUT2D eigenvalue weighted by atomic mass is 10.2. The zero-order chi connectivity index (χ0) is 13.0. The molecule has 6 heteroatoms. The van der Waals surface area contributed by atoms with E-state index >= 15 is 0 Å². The van der Waals surface area contributed by atoms with Gasteiger partial charge in [-0.3, -0.25) is 4.79 Å². The minimum atomic E-state index is -0.235. The van der Waals surface area contributed by atoms with Crippen LogP contribution in [0.1, 0.15) is 15.2 Å². The van der Waals surface area contributed by atoms with E-state index in [1.165, 1.54) is 17.6 Å². The zero-order valence-corrected chi connectivity index (χ0v) is 11.4. The topological polar surface area (TPSA) is 41.5 Å². The third-order valence-electron chi connectivity index (χ3n) is 2.07. The molecule has 0 radical (unpaired) electrons. The maximum Gasteiger partial charge on any atom is 0.281 e. The molecule has 92 valence electrons. The molecule has 3 nitrogen and oxygen atoms in total. The molecule has 0 fully saturated rings. The largest absolute Gasteiger partial charge is 0.281 e. The van der Waals surface area contributed by atoms with E-state index in [1.807, 2.05) is 11.4 Å². The number of carbonyl (C=O) groups excluding carboxylic acids is 1. The quantitative estimate of drug-likeness (QED) is 0.679. The number of nitrogens with one attached hydrogen (secondary N) is 1. The Kier molecular flexibility index (Phi) is 4.36. The molecule has 1 amide bonds. The lowest BCUT2D eigenvalue weighted by Gasteiger charge is -1.98. The molecule has 0 aliphatic carbocycles. The predicted molar refractivity (Wildman–Crippen MR) is 75.8 cm³/mol. The van der Waals surface area contributed by atoms with E-state index < -0.39 is 0 Å². The van der Waals surface area contributed by atoms with Crippen LogP contribution in [0.2, 0.25) is 10.0 Å². The number of hydrazone groups is 1. The standard InChI is InChI=1S/C12H8Cl2N2OS/c13-9-4-3-8(6-10(9)14)7-15-16-12(17)11-2-1-5-18-11/h1-7H,(H,16,17). The molecule has 0 saturated heterocycles. The fourth-order valence-electron chi connectivity index (χ4n) is 1.22. The average Bonchev–Trinajstić information content (AvgIpc) is 2.87. The van der Waals surface area contributed by atoms with Gasteiger partial charge in [-0.1, -0.05) is 35.3 Å². The van der Waals surface area contributed by atoms with Crippen LogP contribution in [0, 0.1) is 0 Å². The Labute approximate surface area is 118 Å². The Bertz CT molecular complexity index is 582. The molecule has 2 rings (SSSR count). The number of amides is 1. The first kappa shape index (κ1) is 13.1. The van der Waals surface area contributed by atoms with Crippen molar-refractivity contribution in [3.63, 3.8) is 0 Å². The van der Waals surface area contributed by atoms with Gasteiger partial charge in [0.1, 0.15) is 0 Å². The molecule has 0 atom stereocenters. The van der Waals surface area contributed by atoms with Crippen LogP contribution in [0.15, 0.2) is 40.8 Å². The van der Waals surface area contributed by atoms with Gasteiger partial charge in [-0.2, -0.15) is 5.10 Å². The molecule has 0 aliphatic rings. The minimum absolute atomic E-state index is 0.235. The monoisotopic (exact) mass is 298 g/mol. The average molecular weight is 299 g/mol. The van der Waals surface area contributed by atoms with Gasteiger partial charge in [-0.25, -0.2) is 5.43 Å². The zero-order valence-electron chi connectivity index (χ0n) is 9.06. The summed E-state index contributed by atoms with van der Waals surface area (Å²) < 4.78 is 0. The Morgan fingerprint density at radius 3 is 2.78 bits per heavy atom. The van der Waals surface area contributed by atoms with Crippen molar-refractivity contribution in [2.75, 3.05) is 0 Å². The molecule has 1 N–H and O–H groups in total. The van der Waals surface area contributed by atoms with Gasteiger partial charge in [0.15, 0.2) is 0 Å². The molecule has 1 heterocycles. The van der Waals surface area contributed by atoms with Crippen LogP contribution in [0.3, 0.4) is 0 Å². The number of halogens is 2. The van der Waals surface area contributed by atoms with Gasteiger partial charge in [0.05, 0.1) is 21.1 Å². The van der Waals surface area contributed by atoms with Crippen molar-refractivity contribution in [2.24, 2.45) is 5.10 Å². The van der Waals surface area contributed by atoms with Gasteiger partial charge in [0.2, 0.25) is 0 Å². The lowest BCUT2D eigenvalue weighted by Crippen LogP contribution is -2.16. The van der Waals surface area contributed by atoms with Crippen molar-refractivity contribution in [3.8, 4) is 0 Å². The SMILES string of the molecule is O=C(NN=Cc1ccc(Cl)c(Cl)c1)c1cccs1. The van der Waals surface area contributed by atoms with E-state index in [4.69, 9.17) is 23.2 Å². The molecule has 0 unspecified atom stereocenters. The van der Waals surface area contributed by atoms with Gasteiger partial charge >= 0.3 is 0 Å². The van der Waals surface area contributed by atoms with Crippen LogP contribution >= 0.6 is 34.5 Å². The number of hydrogen-bond acceptors (Lipinski definition) is 3. The number of hydrogen-bond donors (Lipinski definition) is 1. The minimum Gasteiger partial charge on any atom is -0.266 e. The highest BCUT2D eigenvalue weighted by Crippen LogP contribution is 2.21. The predicted octanol–water partition coefficient (Wildman–Crippen LogP) is 3.82. The number of thiophene rings is 1. The van der Waals surface area contributed by atoms with Crippen LogP contribution in [0.25, 0.3) is 0 Å². The first-order valence-corrected chi connectivity index (χ1v) is 6.62. The Morgan fingerprint density at radius 2 is 2.11 bits per heavy atom. The van der Waals surface area contributed by atoms with Crippen molar-refractivity contribution in [1.29, 1.82) is 0 Å². The van der Waals surface area contributed by atoms with Crippen molar-refractivity contribution < 1.29 is 4.79 Å². The highest BCUT2D eigenvalue weighted by atomic mass is 35.5. The van der Waals surface area contributed by atoms with Gasteiger partial charge in [-0.05, 0) is 29.1 Å². The second-order valence-corrected chi connectivity index (χ2v) is 5.11. The number of nitrogens with zero attached hydrogens (tertiary/aromatic N) is 1. The summed E-state index contributed by atoms with van der Waals surface area (Å²) in [4.78, 5) is 12.2. The number of rotatable bonds is 3. The summed E-state index contributed by atoms with van der Waals surface area (Å²) in [5, 5.41) is 6.61. The Hall–Kier alpha value is -1.36. The maximum absolute atomic E-state index is 11.6. The van der Waals surface area contributed by atoms with Crippen molar-refractivity contribution in [1.82, 2.24) is 5.43 Å². The van der Waals surface area contributed by atoms with Gasteiger partial charge < -0.3 is 0 Å². The summed E-state index contributed by atoms with van der Waals surface area (Å²) in [7, 11) is 0. The van der Waals surface area contributed by atoms with E-state index in [2.05, 4.69) is 10.5 Å². The van der Waals surface area contributed by atoms with Crippen molar-refractivity contribution in [2.45, 2.75) is 0 Å².